The molecule has 10 heteroatoms. The van der Waals surface area contributed by atoms with E-state index in [4.69, 9.17) is 18.6 Å². The summed E-state index contributed by atoms with van der Waals surface area (Å²) in [5.74, 6) is -1.74. The lowest BCUT2D eigenvalue weighted by Gasteiger charge is -2.48. The highest BCUT2D eigenvalue weighted by molar-refractivity contribution is 7.54. The lowest BCUT2D eigenvalue weighted by atomic mass is 9.94. The first kappa shape index (κ1) is 29.8. The summed E-state index contributed by atoms with van der Waals surface area (Å²) in [6, 6.07) is 0. The van der Waals surface area contributed by atoms with Crippen LogP contribution in [0, 0.1) is 5.41 Å². The highest BCUT2D eigenvalue weighted by Crippen LogP contribution is 2.60. The number of carbonyl (C=O) groups excluding carboxylic acids is 2. The van der Waals surface area contributed by atoms with Crippen molar-refractivity contribution in [2.45, 2.75) is 79.7 Å². The van der Waals surface area contributed by atoms with Gasteiger partial charge in [0.1, 0.15) is 12.4 Å². The van der Waals surface area contributed by atoms with Gasteiger partial charge in [0, 0.05) is 11.6 Å². The molecule has 0 aliphatic rings. The van der Waals surface area contributed by atoms with Gasteiger partial charge in [-0.05, 0) is 47.0 Å². The number of amides is 1. The Labute approximate surface area is 187 Å². The SMILES string of the molecule is C=CC(=O)OCCNC(=O)C(C)ON(C(C(C)(C)C)P(=O)(OCC)OCC)C(C)(C)C. The normalized spacial score (nSPS) is 14.8. The van der Waals surface area contributed by atoms with Crippen molar-refractivity contribution in [2.24, 2.45) is 5.41 Å². The van der Waals surface area contributed by atoms with E-state index >= 15 is 0 Å². The zero-order chi connectivity index (χ0) is 24.5. The van der Waals surface area contributed by atoms with Gasteiger partial charge in [-0.15, -0.1) is 0 Å². The van der Waals surface area contributed by atoms with Gasteiger partial charge in [-0.2, -0.15) is 5.06 Å². The lowest BCUT2D eigenvalue weighted by Crippen LogP contribution is -2.55. The van der Waals surface area contributed by atoms with Crippen LogP contribution in [-0.2, 0) is 32.8 Å². The van der Waals surface area contributed by atoms with Gasteiger partial charge in [-0.25, -0.2) is 4.79 Å². The van der Waals surface area contributed by atoms with Gasteiger partial charge in [0.2, 0.25) is 0 Å². The van der Waals surface area contributed by atoms with Crippen LogP contribution < -0.4 is 5.32 Å². The standard InChI is InChI=1S/C21H41N2O7P/c1-11-17(24)27-15-14-22-18(25)16(4)30-23(21(8,9)10)19(20(5,6)7)31(26,28-12-2)29-13-3/h11,16,19H,1,12-15H2,2-10H3,(H,22,25). The number of hydroxylamine groups is 2. The van der Waals surface area contributed by atoms with E-state index in [1.54, 1.807) is 25.8 Å². The molecule has 0 saturated heterocycles. The molecule has 0 aromatic rings. The number of rotatable bonds is 13. The number of nitrogens with zero attached hydrogens (tertiary/aromatic N) is 1. The minimum atomic E-state index is -3.63. The van der Waals surface area contributed by atoms with Crippen LogP contribution in [0.5, 0.6) is 0 Å². The Kier molecular flexibility index (Phi) is 12.2. The summed E-state index contributed by atoms with van der Waals surface area (Å²) in [6.45, 7) is 20.4. The third-order valence-electron chi connectivity index (χ3n) is 4.03. The number of hydrogen-bond acceptors (Lipinski definition) is 8. The fourth-order valence-corrected chi connectivity index (χ4v) is 5.51. The van der Waals surface area contributed by atoms with E-state index in [0.717, 1.165) is 6.08 Å². The maximum Gasteiger partial charge on any atom is 0.350 e. The van der Waals surface area contributed by atoms with Crippen LogP contribution in [0.1, 0.15) is 62.3 Å². The largest absolute Gasteiger partial charge is 0.461 e. The summed E-state index contributed by atoms with van der Waals surface area (Å²) in [7, 11) is -3.63. The second-order valence-corrected chi connectivity index (χ2v) is 11.1. The summed E-state index contributed by atoms with van der Waals surface area (Å²) in [6.07, 6.45) is 0.145. The van der Waals surface area contributed by atoms with Gasteiger partial charge < -0.3 is 19.1 Å². The second-order valence-electron chi connectivity index (χ2n) is 9.02. The molecule has 0 saturated carbocycles. The number of carbonyl (C=O) groups is 2. The minimum absolute atomic E-state index is 0.0147. The fourth-order valence-electron chi connectivity index (χ4n) is 2.82. The van der Waals surface area contributed by atoms with Gasteiger partial charge in [0.05, 0.1) is 19.8 Å². The minimum Gasteiger partial charge on any atom is -0.461 e. The van der Waals surface area contributed by atoms with Crippen molar-refractivity contribution in [2.75, 3.05) is 26.4 Å². The summed E-state index contributed by atoms with van der Waals surface area (Å²) in [5, 5.41) is 4.21. The van der Waals surface area contributed by atoms with Crippen molar-refractivity contribution in [1.29, 1.82) is 0 Å². The molecule has 0 aromatic carbocycles. The molecule has 1 N–H and O–H groups in total. The van der Waals surface area contributed by atoms with Crippen LogP contribution in [0.3, 0.4) is 0 Å². The molecule has 9 nitrogen and oxygen atoms in total. The number of nitrogens with one attached hydrogen (secondary N) is 1. The zero-order valence-corrected chi connectivity index (χ0v) is 21.4. The average Bonchev–Trinajstić information content (AvgIpc) is 2.62. The van der Waals surface area contributed by atoms with Crippen LogP contribution in [0.15, 0.2) is 12.7 Å². The average molecular weight is 465 g/mol. The van der Waals surface area contributed by atoms with E-state index in [1.807, 2.05) is 41.5 Å². The third kappa shape index (κ3) is 9.83. The molecule has 0 aromatic heterocycles. The van der Waals surface area contributed by atoms with E-state index < -0.39 is 42.3 Å². The Hall–Kier alpha value is -1.25. The molecule has 2 unspecified atom stereocenters. The predicted molar refractivity (Wildman–Crippen MR) is 120 cm³/mol. The molecule has 31 heavy (non-hydrogen) atoms. The summed E-state index contributed by atoms with van der Waals surface area (Å²) < 4.78 is 29.9. The number of ether oxygens (including phenoxy) is 1. The summed E-state index contributed by atoms with van der Waals surface area (Å²) >= 11 is 0. The maximum atomic E-state index is 13.8. The van der Waals surface area contributed by atoms with Gasteiger partial charge in [0.15, 0.2) is 6.10 Å². The fraction of sp³-hybridized carbons (Fsp3) is 0.810. The molecule has 0 bridgehead atoms. The monoisotopic (exact) mass is 464 g/mol. The molecule has 1 amide bonds. The second kappa shape index (κ2) is 12.7. The van der Waals surface area contributed by atoms with Gasteiger partial charge in [-0.1, -0.05) is 27.4 Å². The van der Waals surface area contributed by atoms with Crippen LogP contribution in [0.4, 0.5) is 0 Å². The van der Waals surface area contributed by atoms with Crippen LogP contribution in [-0.4, -0.2) is 60.7 Å². The van der Waals surface area contributed by atoms with Gasteiger partial charge >= 0.3 is 13.6 Å². The lowest BCUT2D eigenvalue weighted by molar-refractivity contribution is -0.257. The number of hydrogen-bond donors (Lipinski definition) is 1. The Morgan fingerprint density at radius 2 is 1.61 bits per heavy atom. The molecule has 0 heterocycles. The van der Waals surface area contributed by atoms with E-state index in [2.05, 4.69) is 11.9 Å². The van der Waals surface area contributed by atoms with Gasteiger partial charge in [0.25, 0.3) is 5.91 Å². The van der Waals surface area contributed by atoms with E-state index in [9.17, 15) is 14.2 Å². The van der Waals surface area contributed by atoms with Crippen molar-refractivity contribution >= 4 is 19.5 Å². The van der Waals surface area contributed by atoms with Crippen molar-refractivity contribution in [1.82, 2.24) is 10.4 Å². The summed E-state index contributed by atoms with van der Waals surface area (Å²) in [4.78, 5) is 29.7. The van der Waals surface area contributed by atoms with Crippen molar-refractivity contribution < 1.29 is 32.8 Å². The van der Waals surface area contributed by atoms with Crippen molar-refractivity contribution in [3.05, 3.63) is 12.7 Å². The van der Waals surface area contributed by atoms with Crippen molar-refractivity contribution in [3.63, 3.8) is 0 Å². The van der Waals surface area contributed by atoms with E-state index in [-0.39, 0.29) is 26.4 Å². The first-order chi connectivity index (χ1) is 14.1. The molecule has 0 rings (SSSR count). The topological polar surface area (TPSA) is 103 Å². The van der Waals surface area contributed by atoms with Gasteiger partial charge in [-0.3, -0.25) is 14.2 Å². The first-order valence-corrected chi connectivity index (χ1v) is 12.2. The Balaban J connectivity index is 5.66. The third-order valence-corrected chi connectivity index (χ3v) is 6.85. The van der Waals surface area contributed by atoms with E-state index in [0.29, 0.717) is 0 Å². The van der Waals surface area contributed by atoms with Crippen LogP contribution in [0.2, 0.25) is 0 Å². The summed E-state index contributed by atoms with van der Waals surface area (Å²) in [5.41, 5.74) is -1.20. The molecular weight excluding hydrogens is 423 g/mol. The molecule has 0 aliphatic heterocycles. The quantitative estimate of drug-likeness (QED) is 0.144. The molecule has 2 atom stereocenters. The maximum absolute atomic E-state index is 13.8. The molecule has 0 aliphatic carbocycles. The smallest absolute Gasteiger partial charge is 0.350 e. The molecule has 0 fully saturated rings. The Morgan fingerprint density at radius 3 is 2.00 bits per heavy atom. The van der Waals surface area contributed by atoms with Crippen LogP contribution >= 0.6 is 7.60 Å². The predicted octanol–water partition coefficient (Wildman–Crippen LogP) is 3.89. The highest BCUT2D eigenvalue weighted by atomic mass is 31.2. The number of esters is 1. The van der Waals surface area contributed by atoms with E-state index in [1.165, 1.54) is 0 Å². The Morgan fingerprint density at radius 1 is 1.10 bits per heavy atom. The first-order valence-electron chi connectivity index (χ1n) is 10.6. The molecule has 0 radical (unpaired) electrons. The molecule has 182 valence electrons. The highest BCUT2D eigenvalue weighted by Gasteiger charge is 2.51. The zero-order valence-electron chi connectivity index (χ0n) is 20.5. The molecular formula is C21H41N2O7P. The van der Waals surface area contributed by atoms with Crippen LogP contribution in [0.25, 0.3) is 0 Å². The van der Waals surface area contributed by atoms with Crippen molar-refractivity contribution in [3.8, 4) is 0 Å². The molecule has 0 spiro atoms. The Bertz CT molecular complexity index is 631.